The Morgan fingerprint density at radius 2 is 1.59 bits per heavy atom. The Labute approximate surface area is 184 Å². The molecule has 8 nitrogen and oxygen atoms in total. The maximum absolute atomic E-state index is 13.2. The van der Waals surface area contributed by atoms with Gasteiger partial charge in [0.25, 0.3) is 5.56 Å². The number of hydrogen-bond acceptors (Lipinski definition) is 4. The van der Waals surface area contributed by atoms with Crippen LogP contribution in [0.2, 0.25) is 0 Å². The number of benzene rings is 2. The average Bonchev–Trinajstić information content (AvgIpc) is 3.36. The van der Waals surface area contributed by atoms with Gasteiger partial charge in [0.1, 0.15) is 0 Å². The summed E-state index contributed by atoms with van der Waals surface area (Å²) in [7, 11) is 3.18. The molecule has 0 radical (unpaired) electrons. The first kappa shape index (κ1) is 20.0. The number of aryl methyl sites for hydroxylation is 4. The maximum Gasteiger partial charge on any atom is 0.332 e. The molecule has 0 unspecified atom stereocenters. The second kappa shape index (κ2) is 7.64. The molecule has 2 aromatic carbocycles. The predicted octanol–water partition coefficient (Wildman–Crippen LogP) is 2.69. The minimum absolute atomic E-state index is 0.330. The molecule has 0 aliphatic carbocycles. The van der Waals surface area contributed by atoms with E-state index in [0.717, 1.165) is 28.5 Å². The van der Waals surface area contributed by atoms with Gasteiger partial charge in [-0.1, -0.05) is 60.2 Å². The minimum Gasteiger partial charge on any atom is -0.302 e. The van der Waals surface area contributed by atoms with Crippen molar-refractivity contribution in [2.24, 2.45) is 14.1 Å². The van der Waals surface area contributed by atoms with Gasteiger partial charge < -0.3 is 4.57 Å². The van der Waals surface area contributed by atoms with Crippen molar-refractivity contribution in [3.63, 3.8) is 0 Å². The van der Waals surface area contributed by atoms with Crippen LogP contribution in [0.25, 0.3) is 28.3 Å². The van der Waals surface area contributed by atoms with Gasteiger partial charge in [-0.05, 0) is 25.3 Å². The highest BCUT2D eigenvalue weighted by Gasteiger charge is 2.23. The smallest absolute Gasteiger partial charge is 0.302 e. The molecule has 5 rings (SSSR count). The van der Waals surface area contributed by atoms with E-state index in [9.17, 15) is 9.59 Å². The molecule has 0 amide bonds. The SMILES string of the molecule is Cc1ccc(-c2nnc3n(CCCc4ccccc4)c4c(=O)n(C)c(=O)n(C)c4n23)cc1. The van der Waals surface area contributed by atoms with E-state index in [2.05, 4.69) is 22.3 Å². The zero-order valence-corrected chi connectivity index (χ0v) is 18.3. The Morgan fingerprint density at radius 1 is 0.875 bits per heavy atom. The monoisotopic (exact) mass is 428 g/mol. The van der Waals surface area contributed by atoms with Crippen LogP contribution in [0, 0.1) is 6.92 Å². The van der Waals surface area contributed by atoms with Crippen LogP contribution in [0.4, 0.5) is 0 Å². The lowest BCUT2D eigenvalue weighted by molar-refractivity contribution is 0.656. The van der Waals surface area contributed by atoms with E-state index in [1.165, 1.54) is 17.2 Å². The minimum atomic E-state index is -0.380. The molecule has 8 heteroatoms. The van der Waals surface area contributed by atoms with Crippen molar-refractivity contribution >= 4 is 16.9 Å². The summed E-state index contributed by atoms with van der Waals surface area (Å²) in [5, 5.41) is 8.86. The van der Waals surface area contributed by atoms with Gasteiger partial charge in [0, 0.05) is 26.2 Å². The number of rotatable bonds is 5. The predicted molar refractivity (Wildman–Crippen MR) is 124 cm³/mol. The van der Waals surface area contributed by atoms with Gasteiger partial charge in [-0.15, -0.1) is 10.2 Å². The summed E-state index contributed by atoms with van der Waals surface area (Å²) >= 11 is 0. The lowest BCUT2D eigenvalue weighted by Gasteiger charge is -2.08. The quantitative estimate of drug-likeness (QED) is 0.431. The third-order valence-electron chi connectivity index (χ3n) is 5.98. The second-order valence-corrected chi connectivity index (χ2v) is 8.14. The third kappa shape index (κ3) is 3.07. The molecule has 0 atom stereocenters. The molecule has 0 saturated carbocycles. The Balaban J connectivity index is 1.72. The molecule has 162 valence electrons. The molecule has 0 bridgehead atoms. The second-order valence-electron chi connectivity index (χ2n) is 8.14. The van der Waals surface area contributed by atoms with Gasteiger partial charge in [-0.2, -0.15) is 0 Å². The van der Waals surface area contributed by atoms with Crippen LogP contribution >= 0.6 is 0 Å². The van der Waals surface area contributed by atoms with Gasteiger partial charge in [-0.3, -0.25) is 13.9 Å². The van der Waals surface area contributed by atoms with Gasteiger partial charge >= 0.3 is 5.69 Å². The van der Waals surface area contributed by atoms with E-state index in [-0.39, 0.29) is 11.2 Å². The fourth-order valence-electron chi connectivity index (χ4n) is 4.24. The molecule has 0 saturated heterocycles. The van der Waals surface area contributed by atoms with Crippen molar-refractivity contribution in [3.05, 3.63) is 86.6 Å². The van der Waals surface area contributed by atoms with Crippen molar-refractivity contribution in [3.8, 4) is 11.4 Å². The molecule has 0 fully saturated rings. The Kier molecular flexibility index (Phi) is 4.77. The van der Waals surface area contributed by atoms with Crippen LogP contribution in [0.3, 0.4) is 0 Å². The Bertz CT molecular complexity index is 1550. The van der Waals surface area contributed by atoms with Gasteiger partial charge in [0.15, 0.2) is 17.0 Å². The molecule has 5 aromatic rings. The number of nitrogens with zero attached hydrogens (tertiary/aromatic N) is 6. The largest absolute Gasteiger partial charge is 0.332 e. The number of aromatic nitrogens is 6. The summed E-state index contributed by atoms with van der Waals surface area (Å²) in [6, 6.07) is 18.2. The summed E-state index contributed by atoms with van der Waals surface area (Å²) in [5.74, 6) is 1.16. The van der Waals surface area contributed by atoms with Crippen molar-refractivity contribution < 1.29 is 0 Å². The Morgan fingerprint density at radius 3 is 2.31 bits per heavy atom. The fraction of sp³-hybridized carbons (Fsp3) is 0.250. The molecule has 0 aliphatic rings. The highest BCUT2D eigenvalue weighted by Crippen LogP contribution is 2.25. The van der Waals surface area contributed by atoms with E-state index in [0.29, 0.717) is 29.3 Å². The summed E-state index contributed by atoms with van der Waals surface area (Å²) in [6.07, 6.45) is 1.69. The van der Waals surface area contributed by atoms with Gasteiger partial charge in [0.2, 0.25) is 5.78 Å². The lowest BCUT2D eigenvalue weighted by atomic mass is 10.1. The van der Waals surface area contributed by atoms with Crippen LogP contribution in [0.5, 0.6) is 0 Å². The third-order valence-corrected chi connectivity index (χ3v) is 5.98. The number of imidazole rings is 1. The van der Waals surface area contributed by atoms with Crippen LogP contribution in [0.15, 0.2) is 64.2 Å². The summed E-state index contributed by atoms with van der Waals surface area (Å²) in [5.41, 5.74) is 3.51. The van der Waals surface area contributed by atoms with Crippen molar-refractivity contribution in [1.82, 2.24) is 28.3 Å². The van der Waals surface area contributed by atoms with E-state index in [1.54, 1.807) is 7.05 Å². The lowest BCUT2D eigenvalue weighted by Crippen LogP contribution is -2.37. The molecule has 0 N–H and O–H groups in total. The summed E-state index contributed by atoms with van der Waals surface area (Å²) in [4.78, 5) is 25.9. The van der Waals surface area contributed by atoms with Crippen molar-refractivity contribution in [2.75, 3.05) is 0 Å². The zero-order valence-electron chi connectivity index (χ0n) is 18.3. The van der Waals surface area contributed by atoms with Gasteiger partial charge in [0.05, 0.1) is 0 Å². The van der Waals surface area contributed by atoms with Crippen molar-refractivity contribution in [1.29, 1.82) is 0 Å². The van der Waals surface area contributed by atoms with Crippen molar-refractivity contribution in [2.45, 2.75) is 26.3 Å². The maximum atomic E-state index is 13.2. The normalized spacial score (nSPS) is 11.6. The number of fused-ring (bicyclic) bond motifs is 3. The fourth-order valence-corrected chi connectivity index (χ4v) is 4.24. The zero-order chi connectivity index (χ0) is 22.4. The van der Waals surface area contributed by atoms with Crippen LogP contribution in [-0.2, 0) is 27.1 Å². The molecule has 3 heterocycles. The summed E-state index contributed by atoms with van der Waals surface area (Å²) < 4.78 is 6.36. The van der Waals surface area contributed by atoms with E-state index in [4.69, 9.17) is 0 Å². The molecule has 3 aromatic heterocycles. The first-order valence-electron chi connectivity index (χ1n) is 10.6. The molecular weight excluding hydrogens is 404 g/mol. The average molecular weight is 428 g/mol. The van der Waals surface area contributed by atoms with Crippen LogP contribution < -0.4 is 11.2 Å². The number of hydrogen-bond donors (Lipinski definition) is 0. The van der Waals surface area contributed by atoms with E-state index < -0.39 is 0 Å². The molecule has 0 aliphatic heterocycles. The van der Waals surface area contributed by atoms with Crippen LogP contribution in [0.1, 0.15) is 17.5 Å². The highest BCUT2D eigenvalue weighted by atomic mass is 16.2. The summed E-state index contributed by atoms with van der Waals surface area (Å²) in [6.45, 7) is 2.61. The molecule has 32 heavy (non-hydrogen) atoms. The topological polar surface area (TPSA) is 79.1 Å². The molecule has 0 spiro atoms. The highest BCUT2D eigenvalue weighted by molar-refractivity contribution is 5.79. The first-order valence-corrected chi connectivity index (χ1v) is 10.6. The molecular formula is C24H24N6O2. The van der Waals surface area contributed by atoms with Crippen LogP contribution in [-0.4, -0.2) is 28.3 Å². The van der Waals surface area contributed by atoms with E-state index in [1.807, 2.05) is 58.4 Å². The van der Waals surface area contributed by atoms with Gasteiger partial charge in [-0.25, -0.2) is 9.20 Å². The first-order chi connectivity index (χ1) is 15.5. The Hall–Kier alpha value is -3.94. The van der Waals surface area contributed by atoms with E-state index >= 15 is 0 Å². The standard InChI is InChI=1S/C24H24N6O2/c1-16-11-13-18(14-12-16)20-25-26-23-29(15-7-10-17-8-5-4-6-9-17)19-21(30(20)23)27(2)24(32)28(3)22(19)31/h4-6,8-9,11-14H,7,10,15H2,1-3H3.